The van der Waals surface area contributed by atoms with Crippen molar-refractivity contribution in [3.8, 4) is 0 Å². The highest BCUT2D eigenvalue weighted by molar-refractivity contribution is 5.95. The second kappa shape index (κ2) is 8.57. The average molecular weight is 372 g/mol. The molecule has 1 saturated heterocycles. The summed E-state index contributed by atoms with van der Waals surface area (Å²) in [6.45, 7) is 13.9. The van der Waals surface area contributed by atoms with Crippen molar-refractivity contribution in [2.45, 2.75) is 65.4 Å². The van der Waals surface area contributed by atoms with Crippen LogP contribution in [0.5, 0.6) is 0 Å². The van der Waals surface area contributed by atoms with Gasteiger partial charge in [-0.2, -0.15) is 0 Å². The first-order chi connectivity index (χ1) is 12.9. The Morgan fingerprint density at radius 3 is 2.52 bits per heavy atom. The highest BCUT2D eigenvalue weighted by Crippen LogP contribution is 2.32. The molecule has 0 aliphatic carbocycles. The van der Waals surface area contributed by atoms with Crippen LogP contribution in [0.3, 0.4) is 0 Å². The van der Waals surface area contributed by atoms with Crippen LogP contribution in [-0.2, 0) is 14.2 Å². The quantitative estimate of drug-likeness (QED) is 0.504. The van der Waals surface area contributed by atoms with Gasteiger partial charge in [0.2, 0.25) is 5.90 Å². The lowest BCUT2D eigenvalue weighted by Gasteiger charge is -2.35. The van der Waals surface area contributed by atoms with E-state index in [4.69, 9.17) is 19.2 Å². The van der Waals surface area contributed by atoms with Gasteiger partial charge in [0, 0.05) is 17.0 Å². The van der Waals surface area contributed by atoms with E-state index in [1.165, 1.54) is 0 Å². The summed E-state index contributed by atoms with van der Waals surface area (Å²) in [5.41, 5.74) is 2.17. The maximum Gasteiger partial charge on any atom is 0.216 e. The first-order valence-corrected chi connectivity index (χ1v) is 10.1. The molecule has 2 heterocycles. The van der Waals surface area contributed by atoms with Crippen molar-refractivity contribution in [1.29, 1.82) is 0 Å². The van der Waals surface area contributed by atoms with Crippen molar-refractivity contribution in [2.24, 2.45) is 16.3 Å². The highest BCUT2D eigenvalue weighted by Gasteiger charge is 2.31. The molecule has 0 aromatic heterocycles. The predicted molar refractivity (Wildman–Crippen MR) is 109 cm³/mol. The molecule has 1 fully saturated rings. The Balaban J connectivity index is 1.59. The number of rotatable bonds is 6. The normalized spacial score (nSPS) is 28.5. The van der Waals surface area contributed by atoms with Gasteiger partial charge in [0.1, 0.15) is 6.61 Å². The molecule has 0 radical (unpaired) electrons. The van der Waals surface area contributed by atoms with Gasteiger partial charge in [-0.15, -0.1) is 6.58 Å². The van der Waals surface area contributed by atoms with Gasteiger partial charge in [0.15, 0.2) is 6.29 Å². The van der Waals surface area contributed by atoms with Crippen molar-refractivity contribution in [3.63, 3.8) is 0 Å². The third-order valence-corrected chi connectivity index (χ3v) is 5.53. The fourth-order valence-corrected chi connectivity index (χ4v) is 3.47. The first kappa shape index (κ1) is 20.1. The summed E-state index contributed by atoms with van der Waals surface area (Å²) in [5.74, 6) is 1.19. The van der Waals surface area contributed by atoms with Gasteiger partial charge < -0.3 is 14.2 Å². The SMILES string of the molecule is C=CCCC[C@H]1CO[C@H](c2ccc(C3=N[C@H](C(C)(C)C)CO3)cc2)O[C@@H]1C. The molecule has 3 rings (SSSR count). The topological polar surface area (TPSA) is 40.0 Å². The summed E-state index contributed by atoms with van der Waals surface area (Å²) in [6.07, 6.45) is 5.19. The number of hydrogen-bond donors (Lipinski definition) is 0. The van der Waals surface area contributed by atoms with Crippen LogP contribution in [0.15, 0.2) is 41.9 Å². The van der Waals surface area contributed by atoms with E-state index in [9.17, 15) is 0 Å². The molecular formula is C23H33NO3. The number of aliphatic imine (C=N–C) groups is 1. The fourth-order valence-electron chi connectivity index (χ4n) is 3.47. The monoisotopic (exact) mass is 371 g/mol. The molecule has 148 valence electrons. The van der Waals surface area contributed by atoms with Gasteiger partial charge in [-0.1, -0.05) is 39.0 Å². The first-order valence-electron chi connectivity index (χ1n) is 10.1. The Morgan fingerprint density at radius 2 is 1.93 bits per heavy atom. The van der Waals surface area contributed by atoms with E-state index in [-0.39, 0.29) is 23.9 Å². The summed E-state index contributed by atoms with van der Waals surface area (Å²) < 4.78 is 18.0. The van der Waals surface area contributed by atoms with Gasteiger partial charge in [0.25, 0.3) is 0 Å². The van der Waals surface area contributed by atoms with E-state index in [2.05, 4.69) is 46.4 Å². The molecule has 0 unspecified atom stereocenters. The smallest absolute Gasteiger partial charge is 0.216 e. The maximum absolute atomic E-state index is 6.13. The molecule has 4 nitrogen and oxygen atoms in total. The molecule has 0 spiro atoms. The van der Waals surface area contributed by atoms with Crippen molar-refractivity contribution >= 4 is 5.90 Å². The molecule has 4 atom stereocenters. The molecule has 4 heteroatoms. The van der Waals surface area contributed by atoms with Crippen molar-refractivity contribution < 1.29 is 14.2 Å². The lowest BCUT2D eigenvalue weighted by Crippen LogP contribution is -2.34. The number of hydrogen-bond acceptors (Lipinski definition) is 4. The van der Waals surface area contributed by atoms with Gasteiger partial charge in [-0.05, 0) is 43.7 Å². The zero-order chi connectivity index (χ0) is 19.4. The third-order valence-electron chi connectivity index (χ3n) is 5.53. The number of ether oxygens (including phenoxy) is 3. The van der Waals surface area contributed by atoms with Crippen molar-refractivity contribution in [2.75, 3.05) is 13.2 Å². The lowest BCUT2D eigenvalue weighted by atomic mass is 9.88. The Hall–Kier alpha value is -1.65. The molecular weight excluding hydrogens is 338 g/mol. The Morgan fingerprint density at radius 1 is 1.19 bits per heavy atom. The van der Waals surface area contributed by atoms with Crippen LogP contribution in [0.2, 0.25) is 0 Å². The molecule has 1 aromatic carbocycles. The molecule has 2 aliphatic heterocycles. The largest absolute Gasteiger partial charge is 0.475 e. The molecule has 0 saturated carbocycles. The minimum absolute atomic E-state index is 0.115. The number of benzene rings is 1. The number of allylic oxidation sites excluding steroid dienone is 1. The number of nitrogens with zero attached hydrogens (tertiary/aromatic N) is 1. The Bertz CT molecular complexity index is 659. The molecule has 27 heavy (non-hydrogen) atoms. The van der Waals surface area contributed by atoms with Crippen LogP contribution in [0.1, 0.15) is 64.4 Å². The van der Waals surface area contributed by atoms with Crippen LogP contribution >= 0.6 is 0 Å². The predicted octanol–water partition coefficient (Wildman–Crippen LogP) is 5.28. The van der Waals surface area contributed by atoms with E-state index in [1.54, 1.807) is 0 Å². The summed E-state index contributed by atoms with van der Waals surface area (Å²) in [7, 11) is 0. The van der Waals surface area contributed by atoms with Crippen molar-refractivity contribution in [3.05, 3.63) is 48.0 Å². The van der Waals surface area contributed by atoms with E-state index < -0.39 is 0 Å². The van der Waals surface area contributed by atoms with E-state index >= 15 is 0 Å². The average Bonchev–Trinajstić information content (AvgIpc) is 3.14. The van der Waals surface area contributed by atoms with Gasteiger partial charge >= 0.3 is 0 Å². The van der Waals surface area contributed by atoms with Crippen LogP contribution in [0.4, 0.5) is 0 Å². The zero-order valence-corrected chi connectivity index (χ0v) is 17.1. The minimum Gasteiger partial charge on any atom is -0.475 e. The fraction of sp³-hybridized carbons (Fsp3) is 0.609. The summed E-state index contributed by atoms with van der Waals surface area (Å²) in [4.78, 5) is 4.75. The Kier molecular flexibility index (Phi) is 6.38. The molecule has 1 aromatic rings. The number of unbranched alkanes of at least 4 members (excludes halogenated alkanes) is 1. The zero-order valence-electron chi connectivity index (χ0n) is 17.1. The third kappa shape index (κ3) is 4.99. The minimum atomic E-state index is -0.293. The van der Waals surface area contributed by atoms with Crippen LogP contribution in [-0.4, -0.2) is 31.3 Å². The van der Waals surface area contributed by atoms with E-state index in [1.807, 2.05) is 18.2 Å². The summed E-state index contributed by atoms with van der Waals surface area (Å²) in [5, 5.41) is 0. The second-order valence-corrected chi connectivity index (χ2v) is 8.74. The maximum atomic E-state index is 6.13. The van der Waals surface area contributed by atoms with Gasteiger partial charge in [-0.25, -0.2) is 4.99 Å². The summed E-state index contributed by atoms with van der Waals surface area (Å²) in [6, 6.07) is 8.41. The second-order valence-electron chi connectivity index (χ2n) is 8.74. The van der Waals surface area contributed by atoms with E-state index in [0.717, 1.165) is 42.9 Å². The standard InChI is InChI=1S/C23H33NO3/c1-6-7-8-9-19-14-26-22(27-16(19)2)18-12-10-17(11-13-18)21-24-20(15-25-21)23(3,4)5/h6,10-13,16,19-20,22H,1,7-9,14-15H2,2-5H3/t16-,19+,20+,22+/m1/s1. The Labute approximate surface area is 163 Å². The van der Waals surface area contributed by atoms with E-state index in [0.29, 0.717) is 12.5 Å². The molecule has 0 N–H and O–H groups in total. The highest BCUT2D eigenvalue weighted by atomic mass is 16.7. The molecule has 0 amide bonds. The van der Waals surface area contributed by atoms with Gasteiger partial charge in [0.05, 0.1) is 18.8 Å². The van der Waals surface area contributed by atoms with Crippen LogP contribution in [0, 0.1) is 11.3 Å². The van der Waals surface area contributed by atoms with Crippen LogP contribution < -0.4 is 0 Å². The molecule has 0 bridgehead atoms. The van der Waals surface area contributed by atoms with Gasteiger partial charge in [-0.3, -0.25) is 0 Å². The van der Waals surface area contributed by atoms with Crippen LogP contribution in [0.25, 0.3) is 0 Å². The van der Waals surface area contributed by atoms with Crippen molar-refractivity contribution in [1.82, 2.24) is 0 Å². The summed E-state index contributed by atoms with van der Waals surface area (Å²) >= 11 is 0. The lowest BCUT2D eigenvalue weighted by molar-refractivity contribution is -0.237. The molecule has 2 aliphatic rings.